The number of likely N-dealkylation sites (tertiary alicyclic amines) is 1. The summed E-state index contributed by atoms with van der Waals surface area (Å²) in [6.45, 7) is 3.68. The fraction of sp³-hybridized carbons (Fsp3) is 0.842. The molecule has 0 radical (unpaired) electrons. The Balaban J connectivity index is 1.13. The molecule has 0 bridgehead atoms. The minimum absolute atomic E-state index is 0.146. The highest BCUT2D eigenvalue weighted by Crippen LogP contribution is 2.54. The molecule has 1 aliphatic heterocycles. The van der Waals surface area contributed by atoms with Crippen molar-refractivity contribution in [3.63, 3.8) is 0 Å². The van der Waals surface area contributed by atoms with Gasteiger partial charge in [0, 0.05) is 19.0 Å². The fourth-order valence-corrected chi connectivity index (χ4v) is 4.67. The van der Waals surface area contributed by atoms with E-state index in [0.717, 1.165) is 30.8 Å². The number of amides is 1. The molecule has 0 unspecified atom stereocenters. The van der Waals surface area contributed by atoms with E-state index in [2.05, 4.69) is 15.5 Å². The number of nitrogens with zero attached hydrogens (tertiary/aromatic N) is 3. The van der Waals surface area contributed by atoms with Gasteiger partial charge in [-0.1, -0.05) is 5.10 Å². The highest BCUT2D eigenvalue weighted by atomic mass is 16.4. The van der Waals surface area contributed by atoms with Gasteiger partial charge in [-0.25, -0.2) is 0 Å². The predicted octanol–water partition coefficient (Wildman–Crippen LogP) is 3.18. The molecular formula is C19H28N4O2. The molecule has 4 fully saturated rings. The minimum Gasteiger partial charge on any atom is -0.408 e. The van der Waals surface area contributed by atoms with E-state index in [1.54, 1.807) is 0 Å². The Morgan fingerprint density at radius 3 is 2.52 bits per heavy atom. The van der Waals surface area contributed by atoms with Crippen molar-refractivity contribution in [3.8, 4) is 0 Å². The molecule has 1 atom stereocenters. The Kier molecular flexibility index (Phi) is 3.57. The third-order valence-electron chi connectivity index (χ3n) is 7.06. The maximum Gasteiger partial charge on any atom is 0.316 e. The average molecular weight is 344 g/mol. The summed E-state index contributed by atoms with van der Waals surface area (Å²) in [5.74, 6) is 3.16. The fourth-order valence-electron chi connectivity index (χ4n) is 4.67. The summed E-state index contributed by atoms with van der Waals surface area (Å²) in [7, 11) is 0. The van der Waals surface area contributed by atoms with Gasteiger partial charge in [-0.2, -0.15) is 0 Å². The van der Waals surface area contributed by atoms with E-state index < -0.39 is 0 Å². The van der Waals surface area contributed by atoms with Gasteiger partial charge in [0.2, 0.25) is 11.8 Å². The Hall–Kier alpha value is -1.59. The van der Waals surface area contributed by atoms with Crippen LogP contribution in [0.3, 0.4) is 0 Å². The van der Waals surface area contributed by atoms with Gasteiger partial charge >= 0.3 is 6.01 Å². The lowest BCUT2D eigenvalue weighted by Crippen LogP contribution is -2.45. The molecule has 5 rings (SSSR count). The summed E-state index contributed by atoms with van der Waals surface area (Å²) < 4.78 is 5.78. The van der Waals surface area contributed by atoms with Crippen molar-refractivity contribution in [3.05, 3.63) is 5.89 Å². The van der Waals surface area contributed by atoms with Crippen LogP contribution in [-0.4, -0.2) is 40.1 Å². The molecule has 3 saturated carbocycles. The molecule has 1 aromatic heterocycles. The van der Waals surface area contributed by atoms with Crippen LogP contribution < -0.4 is 5.32 Å². The van der Waals surface area contributed by atoms with E-state index >= 15 is 0 Å². The highest BCUT2D eigenvalue weighted by molar-refractivity contribution is 5.83. The van der Waals surface area contributed by atoms with E-state index in [1.165, 1.54) is 51.4 Å². The van der Waals surface area contributed by atoms with E-state index in [0.29, 0.717) is 17.3 Å². The molecule has 1 spiro atoms. The van der Waals surface area contributed by atoms with Crippen LogP contribution in [0.2, 0.25) is 0 Å². The van der Waals surface area contributed by atoms with Crippen LogP contribution in [0.1, 0.15) is 70.1 Å². The lowest BCUT2D eigenvalue weighted by Gasteiger charge is -2.33. The first-order chi connectivity index (χ1) is 12.1. The first-order valence-corrected chi connectivity index (χ1v) is 10.0. The first kappa shape index (κ1) is 15.6. The molecule has 1 amide bonds. The van der Waals surface area contributed by atoms with Crippen molar-refractivity contribution in [2.45, 2.75) is 70.3 Å². The van der Waals surface area contributed by atoms with Crippen molar-refractivity contribution in [1.82, 2.24) is 15.1 Å². The monoisotopic (exact) mass is 344 g/mol. The molecule has 6 heteroatoms. The van der Waals surface area contributed by atoms with Crippen LogP contribution in [0.5, 0.6) is 0 Å². The third-order valence-corrected chi connectivity index (χ3v) is 7.06. The summed E-state index contributed by atoms with van der Waals surface area (Å²) in [5, 5.41) is 11.4. The van der Waals surface area contributed by atoms with Gasteiger partial charge in [0.15, 0.2) is 0 Å². The molecule has 0 aromatic carbocycles. The zero-order chi connectivity index (χ0) is 17.0. The van der Waals surface area contributed by atoms with Crippen LogP contribution in [0.15, 0.2) is 4.42 Å². The van der Waals surface area contributed by atoms with Gasteiger partial charge in [0.1, 0.15) is 6.04 Å². The van der Waals surface area contributed by atoms with Gasteiger partial charge in [-0.05, 0) is 75.5 Å². The molecule has 1 N–H and O–H groups in total. The number of piperidine rings is 1. The number of anilines is 1. The van der Waals surface area contributed by atoms with Gasteiger partial charge < -0.3 is 14.6 Å². The van der Waals surface area contributed by atoms with Gasteiger partial charge in [0.25, 0.3) is 0 Å². The topological polar surface area (TPSA) is 71.3 Å². The van der Waals surface area contributed by atoms with Crippen molar-refractivity contribution >= 4 is 11.9 Å². The summed E-state index contributed by atoms with van der Waals surface area (Å²) in [4.78, 5) is 14.6. The van der Waals surface area contributed by atoms with Crippen LogP contribution in [0, 0.1) is 17.3 Å². The van der Waals surface area contributed by atoms with Crippen molar-refractivity contribution in [2.75, 3.05) is 18.4 Å². The normalized spacial score (nSPS) is 31.5. The van der Waals surface area contributed by atoms with Gasteiger partial charge in [-0.15, -0.1) is 5.10 Å². The Morgan fingerprint density at radius 2 is 1.88 bits per heavy atom. The smallest absolute Gasteiger partial charge is 0.316 e. The van der Waals surface area contributed by atoms with E-state index in [1.807, 2.05) is 11.8 Å². The lowest BCUT2D eigenvalue weighted by molar-refractivity contribution is -0.133. The molecule has 25 heavy (non-hydrogen) atoms. The lowest BCUT2D eigenvalue weighted by atomic mass is 9.72. The zero-order valence-electron chi connectivity index (χ0n) is 15.0. The van der Waals surface area contributed by atoms with Crippen LogP contribution in [0.25, 0.3) is 0 Å². The standard InChI is InChI=1S/C19H28N4O2/c1-12(17(24)23-8-6-19(4-5-19)7-9-23)20-18-22-21-16(25-18)15-10-14(11-15)13-2-3-13/h12-15H,2-11H2,1H3,(H,20,22)/t12-,14-,15-/m1/s1. The number of rotatable bonds is 5. The zero-order valence-corrected chi connectivity index (χ0v) is 15.0. The molecular weight excluding hydrogens is 316 g/mol. The second-order valence-electron chi connectivity index (χ2n) is 8.90. The Morgan fingerprint density at radius 1 is 1.16 bits per heavy atom. The number of nitrogens with one attached hydrogen (secondary N) is 1. The second-order valence-corrected chi connectivity index (χ2v) is 8.90. The number of aromatic nitrogens is 2. The summed E-state index contributed by atoms with van der Waals surface area (Å²) >= 11 is 0. The second kappa shape index (κ2) is 5.71. The van der Waals surface area contributed by atoms with Crippen molar-refractivity contribution in [1.29, 1.82) is 0 Å². The van der Waals surface area contributed by atoms with Crippen molar-refractivity contribution in [2.24, 2.45) is 17.3 Å². The SMILES string of the molecule is C[C@@H](Nc1nnc([C@H]2C[C@H](C3CC3)C2)o1)C(=O)N1CCC2(CC1)CC2. The van der Waals surface area contributed by atoms with Gasteiger partial charge in [0.05, 0.1) is 0 Å². The summed E-state index contributed by atoms with van der Waals surface area (Å²) in [6, 6.07) is 0.0727. The molecule has 136 valence electrons. The van der Waals surface area contributed by atoms with E-state index in [9.17, 15) is 4.79 Å². The van der Waals surface area contributed by atoms with Crippen molar-refractivity contribution < 1.29 is 9.21 Å². The predicted molar refractivity (Wildman–Crippen MR) is 93.1 cm³/mol. The minimum atomic E-state index is -0.317. The van der Waals surface area contributed by atoms with E-state index in [4.69, 9.17) is 4.42 Å². The molecule has 4 aliphatic rings. The first-order valence-electron chi connectivity index (χ1n) is 10.0. The molecule has 1 aromatic rings. The Bertz CT molecular complexity index is 648. The largest absolute Gasteiger partial charge is 0.408 e. The maximum absolute atomic E-state index is 12.6. The van der Waals surface area contributed by atoms with E-state index in [-0.39, 0.29) is 11.9 Å². The molecule has 6 nitrogen and oxygen atoms in total. The summed E-state index contributed by atoms with van der Waals surface area (Å²) in [6.07, 6.45) is 10.2. The van der Waals surface area contributed by atoms with Crippen LogP contribution >= 0.6 is 0 Å². The molecule has 3 aliphatic carbocycles. The number of hydrogen-bond acceptors (Lipinski definition) is 5. The number of carbonyl (C=O) groups excluding carboxylic acids is 1. The molecule has 2 heterocycles. The Labute approximate surface area is 148 Å². The number of hydrogen-bond donors (Lipinski definition) is 1. The summed E-state index contributed by atoms with van der Waals surface area (Å²) in [5.41, 5.74) is 0.593. The maximum atomic E-state index is 12.6. The third kappa shape index (κ3) is 3.04. The highest BCUT2D eigenvalue weighted by Gasteiger charge is 2.45. The van der Waals surface area contributed by atoms with Crippen LogP contribution in [0.4, 0.5) is 6.01 Å². The average Bonchev–Trinajstić information content (AvgIpc) is 3.49. The van der Waals surface area contributed by atoms with Crippen LogP contribution in [-0.2, 0) is 4.79 Å². The van der Waals surface area contributed by atoms with Gasteiger partial charge in [-0.3, -0.25) is 4.79 Å². The molecule has 1 saturated heterocycles. The quantitative estimate of drug-likeness (QED) is 0.888. The number of carbonyl (C=O) groups is 1.